The number of piperidine rings is 1. The summed E-state index contributed by atoms with van der Waals surface area (Å²) in [5.41, 5.74) is 1.14. The van der Waals surface area contributed by atoms with E-state index in [1.165, 1.54) is 8.99 Å². The molecule has 2 aromatic rings. The van der Waals surface area contributed by atoms with E-state index in [9.17, 15) is 8.42 Å². The van der Waals surface area contributed by atoms with Crippen LogP contribution in [0, 0.1) is 0 Å². The van der Waals surface area contributed by atoms with Crippen molar-refractivity contribution in [1.29, 1.82) is 0 Å². The molecule has 1 aromatic heterocycles. The number of anilines is 1. The van der Waals surface area contributed by atoms with Gasteiger partial charge in [0.15, 0.2) is 0 Å². The van der Waals surface area contributed by atoms with Gasteiger partial charge in [-0.25, -0.2) is 4.68 Å². The molecule has 1 aliphatic rings. The van der Waals surface area contributed by atoms with E-state index in [2.05, 4.69) is 15.0 Å². The molecule has 1 saturated heterocycles. The molecule has 118 valence electrons. The van der Waals surface area contributed by atoms with Gasteiger partial charge in [0.25, 0.3) is 0 Å². The van der Waals surface area contributed by atoms with E-state index in [0.29, 0.717) is 17.9 Å². The molecule has 8 heteroatoms. The number of nitrogens with one attached hydrogen (secondary N) is 1. The summed E-state index contributed by atoms with van der Waals surface area (Å²) in [6, 6.07) is 7.16. The topological polar surface area (TPSA) is 80.1 Å². The standard InChI is InChI=1S/C14H19N5O2S/c1-12-6-4-5-10-19(12)22(20,21)16-13-7-2-3-8-14(13)18-11-9-15-17-18/h2-3,7-9,11-12,16H,4-6,10H2,1H3. The van der Waals surface area contributed by atoms with E-state index < -0.39 is 10.2 Å². The first-order valence-electron chi connectivity index (χ1n) is 7.33. The van der Waals surface area contributed by atoms with Crippen molar-refractivity contribution >= 4 is 15.9 Å². The fourth-order valence-corrected chi connectivity index (χ4v) is 4.24. The van der Waals surface area contributed by atoms with E-state index in [-0.39, 0.29) is 6.04 Å². The molecule has 1 aromatic carbocycles. The number of aromatic nitrogens is 3. The maximum absolute atomic E-state index is 12.7. The highest BCUT2D eigenvalue weighted by atomic mass is 32.2. The molecule has 0 radical (unpaired) electrons. The van der Waals surface area contributed by atoms with Gasteiger partial charge in [-0.1, -0.05) is 23.8 Å². The Labute approximate surface area is 130 Å². The lowest BCUT2D eigenvalue weighted by Crippen LogP contribution is -2.44. The van der Waals surface area contributed by atoms with E-state index >= 15 is 0 Å². The van der Waals surface area contributed by atoms with Crippen molar-refractivity contribution in [3.05, 3.63) is 36.7 Å². The van der Waals surface area contributed by atoms with Crippen LogP contribution in [0.25, 0.3) is 5.69 Å². The molecular formula is C14H19N5O2S. The third-order valence-electron chi connectivity index (χ3n) is 3.86. The van der Waals surface area contributed by atoms with Crippen molar-refractivity contribution in [2.45, 2.75) is 32.2 Å². The Morgan fingerprint density at radius 2 is 2.09 bits per heavy atom. The second-order valence-corrected chi connectivity index (χ2v) is 7.05. The number of hydrogen-bond donors (Lipinski definition) is 1. The summed E-state index contributed by atoms with van der Waals surface area (Å²) in [5, 5.41) is 7.69. The molecule has 1 atom stereocenters. The van der Waals surface area contributed by atoms with E-state index in [4.69, 9.17) is 0 Å². The number of para-hydroxylation sites is 2. The van der Waals surface area contributed by atoms with Gasteiger partial charge in [-0.3, -0.25) is 4.72 Å². The molecule has 1 aliphatic heterocycles. The van der Waals surface area contributed by atoms with Gasteiger partial charge in [-0.05, 0) is 31.9 Å². The van der Waals surface area contributed by atoms with Crippen LogP contribution in [-0.2, 0) is 10.2 Å². The predicted molar refractivity (Wildman–Crippen MR) is 83.9 cm³/mol. The molecule has 0 saturated carbocycles. The molecule has 3 rings (SSSR count). The third-order valence-corrected chi connectivity index (χ3v) is 5.50. The smallest absolute Gasteiger partial charge is 0.269 e. The summed E-state index contributed by atoms with van der Waals surface area (Å²) >= 11 is 0. The first-order valence-corrected chi connectivity index (χ1v) is 8.77. The van der Waals surface area contributed by atoms with Gasteiger partial charge in [0.1, 0.15) is 0 Å². The molecular weight excluding hydrogens is 302 g/mol. The SMILES string of the molecule is CC1CCCCN1S(=O)(=O)Nc1ccccc1-n1ccnn1. The fourth-order valence-electron chi connectivity index (χ4n) is 2.72. The zero-order valence-corrected chi connectivity index (χ0v) is 13.2. The van der Waals surface area contributed by atoms with Gasteiger partial charge in [-0.15, -0.1) is 5.10 Å². The summed E-state index contributed by atoms with van der Waals surface area (Å²) in [6.07, 6.45) is 6.10. The average molecular weight is 321 g/mol. The highest BCUT2D eigenvalue weighted by molar-refractivity contribution is 7.90. The summed E-state index contributed by atoms with van der Waals surface area (Å²) in [4.78, 5) is 0. The minimum atomic E-state index is -3.58. The second-order valence-electron chi connectivity index (χ2n) is 5.43. The summed E-state index contributed by atoms with van der Waals surface area (Å²) in [7, 11) is -3.58. The normalized spacial score (nSPS) is 20.0. The molecule has 0 bridgehead atoms. The molecule has 22 heavy (non-hydrogen) atoms. The lowest BCUT2D eigenvalue weighted by molar-refractivity contribution is 0.270. The van der Waals surface area contributed by atoms with Crippen molar-refractivity contribution in [1.82, 2.24) is 19.3 Å². The van der Waals surface area contributed by atoms with Crippen LogP contribution in [0.5, 0.6) is 0 Å². The van der Waals surface area contributed by atoms with Gasteiger partial charge in [0.05, 0.1) is 23.8 Å². The van der Waals surface area contributed by atoms with Crippen molar-refractivity contribution in [3.8, 4) is 5.69 Å². The van der Waals surface area contributed by atoms with Gasteiger partial charge in [0, 0.05) is 12.6 Å². The predicted octanol–water partition coefficient (Wildman–Crippen LogP) is 1.80. The van der Waals surface area contributed by atoms with Gasteiger partial charge in [0.2, 0.25) is 0 Å². The Bertz CT molecular complexity index is 729. The molecule has 0 amide bonds. The molecule has 1 unspecified atom stereocenters. The minimum Gasteiger partial charge on any atom is -0.269 e. The van der Waals surface area contributed by atoms with Gasteiger partial charge in [-0.2, -0.15) is 12.7 Å². The molecule has 2 heterocycles. The molecule has 1 fully saturated rings. The van der Waals surface area contributed by atoms with Gasteiger partial charge >= 0.3 is 10.2 Å². The van der Waals surface area contributed by atoms with Crippen LogP contribution < -0.4 is 4.72 Å². The maximum Gasteiger partial charge on any atom is 0.301 e. The van der Waals surface area contributed by atoms with E-state index in [1.807, 2.05) is 13.0 Å². The van der Waals surface area contributed by atoms with Crippen LogP contribution in [0.15, 0.2) is 36.7 Å². The Balaban J connectivity index is 1.90. The zero-order valence-electron chi connectivity index (χ0n) is 12.4. The number of benzene rings is 1. The van der Waals surface area contributed by atoms with E-state index in [1.54, 1.807) is 30.6 Å². The number of hydrogen-bond acceptors (Lipinski definition) is 4. The van der Waals surface area contributed by atoms with Crippen LogP contribution in [0.3, 0.4) is 0 Å². The summed E-state index contributed by atoms with van der Waals surface area (Å²) < 4.78 is 31.1. The van der Waals surface area contributed by atoms with Crippen LogP contribution in [-0.4, -0.2) is 40.3 Å². The van der Waals surface area contributed by atoms with Crippen LogP contribution in [0.2, 0.25) is 0 Å². The van der Waals surface area contributed by atoms with Crippen LogP contribution in [0.4, 0.5) is 5.69 Å². The lowest BCUT2D eigenvalue weighted by atomic mass is 10.1. The van der Waals surface area contributed by atoms with Crippen molar-refractivity contribution in [3.63, 3.8) is 0 Å². The third kappa shape index (κ3) is 2.97. The molecule has 0 spiro atoms. The molecule has 0 aliphatic carbocycles. The molecule has 1 N–H and O–H groups in total. The first-order chi connectivity index (χ1) is 10.6. The summed E-state index contributed by atoms with van der Waals surface area (Å²) in [6.45, 7) is 2.50. The molecule has 7 nitrogen and oxygen atoms in total. The Morgan fingerprint density at radius 1 is 1.27 bits per heavy atom. The number of rotatable bonds is 4. The zero-order chi connectivity index (χ0) is 15.6. The number of nitrogens with zero attached hydrogens (tertiary/aromatic N) is 4. The largest absolute Gasteiger partial charge is 0.301 e. The Kier molecular flexibility index (Phi) is 4.12. The van der Waals surface area contributed by atoms with Gasteiger partial charge < -0.3 is 0 Å². The quantitative estimate of drug-likeness (QED) is 0.931. The van der Waals surface area contributed by atoms with Crippen molar-refractivity contribution in [2.75, 3.05) is 11.3 Å². The van der Waals surface area contributed by atoms with E-state index in [0.717, 1.165) is 19.3 Å². The Hall–Kier alpha value is -1.93. The van der Waals surface area contributed by atoms with Crippen LogP contribution >= 0.6 is 0 Å². The van der Waals surface area contributed by atoms with Crippen molar-refractivity contribution in [2.24, 2.45) is 0 Å². The highest BCUT2D eigenvalue weighted by Gasteiger charge is 2.30. The Morgan fingerprint density at radius 3 is 2.82 bits per heavy atom. The second kappa shape index (κ2) is 6.05. The van der Waals surface area contributed by atoms with Crippen molar-refractivity contribution < 1.29 is 8.42 Å². The van der Waals surface area contributed by atoms with Crippen LogP contribution in [0.1, 0.15) is 26.2 Å². The summed E-state index contributed by atoms with van der Waals surface area (Å²) in [5.74, 6) is 0. The maximum atomic E-state index is 12.7. The highest BCUT2D eigenvalue weighted by Crippen LogP contribution is 2.24. The average Bonchev–Trinajstić information content (AvgIpc) is 3.02. The lowest BCUT2D eigenvalue weighted by Gasteiger charge is -2.32. The minimum absolute atomic E-state index is 0.0183. The fraction of sp³-hybridized carbons (Fsp3) is 0.429. The monoisotopic (exact) mass is 321 g/mol. The first kappa shape index (κ1) is 15.0.